The second-order valence-corrected chi connectivity index (χ2v) is 14.0. The first-order chi connectivity index (χ1) is 24.0. The van der Waals surface area contributed by atoms with E-state index in [0.717, 1.165) is 41.6 Å². The van der Waals surface area contributed by atoms with Crippen molar-refractivity contribution in [3.8, 4) is 0 Å². The summed E-state index contributed by atoms with van der Waals surface area (Å²) in [4.78, 5) is 40.0. The maximum Gasteiger partial charge on any atom is 0.323 e. The smallest absolute Gasteiger partial charge is 0.323 e. The number of ether oxygens (including phenoxy) is 3. The first-order valence-electron chi connectivity index (χ1n) is 17.4. The summed E-state index contributed by atoms with van der Waals surface area (Å²) in [5, 5.41) is 15.2. The van der Waals surface area contributed by atoms with Crippen LogP contribution in [-0.4, -0.2) is 58.6 Å². The number of amides is 2. The number of para-hydroxylation sites is 2. The van der Waals surface area contributed by atoms with Crippen molar-refractivity contribution < 1.29 is 33.7 Å². The molecule has 3 aromatic rings. The number of benzene rings is 3. The predicted molar refractivity (Wildman–Crippen MR) is 190 cm³/mol. The van der Waals surface area contributed by atoms with E-state index < -0.39 is 11.9 Å². The van der Waals surface area contributed by atoms with E-state index in [0.29, 0.717) is 37.3 Å². The summed E-state index contributed by atoms with van der Waals surface area (Å²) >= 11 is 0. The van der Waals surface area contributed by atoms with E-state index >= 15 is 0 Å². The Bertz CT molecular complexity index is 1590. The zero-order valence-corrected chi connectivity index (χ0v) is 29.2. The van der Waals surface area contributed by atoms with Crippen LogP contribution < -0.4 is 16.4 Å². The van der Waals surface area contributed by atoms with Gasteiger partial charge in [0.2, 0.25) is 11.8 Å². The number of anilines is 2. The maximum absolute atomic E-state index is 13.0. The van der Waals surface area contributed by atoms with Crippen LogP contribution in [0.3, 0.4) is 0 Å². The van der Waals surface area contributed by atoms with Crippen molar-refractivity contribution in [2.24, 2.45) is 0 Å². The molecule has 2 aliphatic rings. The van der Waals surface area contributed by atoms with E-state index in [-0.39, 0.29) is 55.5 Å². The van der Waals surface area contributed by atoms with Crippen molar-refractivity contribution >= 4 is 29.2 Å². The third-order valence-corrected chi connectivity index (χ3v) is 8.88. The molecule has 3 aromatic carbocycles. The lowest BCUT2D eigenvalue weighted by Crippen LogP contribution is -2.45. The van der Waals surface area contributed by atoms with Gasteiger partial charge in [-0.3, -0.25) is 19.3 Å². The number of esters is 1. The number of rotatable bonds is 13. The summed E-state index contributed by atoms with van der Waals surface area (Å²) in [6.45, 7) is 7.34. The van der Waals surface area contributed by atoms with Crippen LogP contribution in [-0.2, 0) is 41.7 Å². The SMILES string of the molecule is CC(C)(C)OC(=O)[C@@H]1CCCN1C[C@H]1C[C@@H](c2ccc(CO)cc2)O[C@@H](c2ccc(CNC(=O)CCCC(=O)Nc3ccccc3N)cc2)O1. The first kappa shape index (κ1) is 37.0. The van der Waals surface area contributed by atoms with Crippen molar-refractivity contribution in [3.63, 3.8) is 0 Å². The zero-order chi connectivity index (χ0) is 35.7. The summed E-state index contributed by atoms with van der Waals surface area (Å²) in [5.74, 6) is -0.519. The van der Waals surface area contributed by atoms with Crippen molar-refractivity contribution in [3.05, 3.63) is 95.1 Å². The maximum atomic E-state index is 13.0. The highest BCUT2D eigenvalue weighted by Gasteiger charge is 2.39. The molecule has 2 amide bonds. The van der Waals surface area contributed by atoms with Gasteiger partial charge in [0, 0.05) is 37.9 Å². The summed E-state index contributed by atoms with van der Waals surface area (Å²) < 4.78 is 18.8. The minimum Gasteiger partial charge on any atom is -0.459 e. The molecule has 2 saturated heterocycles. The normalized spacial score (nSPS) is 21.0. The Hall–Kier alpha value is -4.29. The lowest BCUT2D eigenvalue weighted by Gasteiger charge is -2.38. The van der Waals surface area contributed by atoms with Gasteiger partial charge < -0.3 is 35.7 Å². The minimum atomic E-state index is -0.639. The molecule has 0 spiro atoms. The number of aliphatic hydroxyl groups is 1. The van der Waals surface area contributed by atoms with Crippen LogP contribution in [0.5, 0.6) is 0 Å². The third-order valence-electron chi connectivity index (χ3n) is 8.88. The number of likely N-dealkylation sites (tertiary alicyclic amines) is 1. The summed E-state index contributed by atoms with van der Waals surface area (Å²) in [5.41, 5.74) is 9.97. The van der Waals surface area contributed by atoms with Gasteiger partial charge in [0.25, 0.3) is 0 Å². The Morgan fingerprint density at radius 1 is 0.920 bits per heavy atom. The highest BCUT2D eigenvalue weighted by atomic mass is 16.7. The van der Waals surface area contributed by atoms with E-state index in [1.165, 1.54) is 0 Å². The number of nitrogens with two attached hydrogens (primary N) is 1. The van der Waals surface area contributed by atoms with Crippen LogP contribution >= 0.6 is 0 Å². The van der Waals surface area contributed by atoms with Crippen LogP contribution in [0.2, 0.25) is 0 Å². The molecule has 0 bridgehead atoms. The largest absolute Gasteiger partial charge is 0.459 e. The minimum absolute atomic E-state index is 0.0319. The molecular formula is C39H50N4O7. The summed E-state index contributed by atoms with van der Waals surface area (Å²) in [6.07, 6.45) is 2.05. The van der Waals surface area contributed by atoms with Gasteiger partial charge in [-0.15, -0.1) is 0 Å². The molecular weight excluding hydrogens is 636 g/mol. The second kappa shape index (κ2) is 17.1. The molecule has 0 unspecified atom stereocenters. The van der Waals surface area contributed by atoms with E-state index in [1.54, 1.807) is 24.3 Å². The Morgan fingerprint density at radius 3 is 2.30 bits per heavy atom. The van der Waals surface area contributed by atoms with Crippen molar-refractivity contribution in [2.45, 2.75) is 103 Å². The molecule has 2 aliphatic heterocycles. The topological polar surface area (TPSA) is 152 Å². The van der Waals surface area contributed by atoms with Crippen LogP contribution in [0, 0.1) is 0 Å². The van der Waals surface area contributed by atoms with Crippen LogP contribution in [0.1, 0.15) is 93.9 Å². The van der Waals surface area contributed by atoms with E-state index in [2.05, 4.69) is 15.5 Å². The predicted octanol–water partition coefficient (Wildman–Crippen LogP) is 5.54. The van der Waals surface area contributed by atoms with Gasteiger partial charge in [-0.2, -0.15) is 0 Å². The molecule has 268 valence electrons. The van der Waals surface area contributed by atoms with Crippen LogP contribution in [0.4, 0.5) is 11.4 Å². The molecule has 0 aliphatic carbocycles. The fourth-order valence-corrected chi connectivity index (χ4v) is 6.29. The van der Waals surface area contributed by atoms with Gasteiger partial charge in [0.05, 0.1) is 30.2 Å². The highest BCUT2D eigenvalue weighted by molar-refractivity contribution is 5.94. The molecule has 0 radical (unpaired) electrons. The van der Waals surface area contributed by atoms with Gasteiger partial charge in [0.15, 0.2) is 6.29 Å². The fraction of sp³-hybridized carbons (Fsp3) is 0.462. The Kier molecular flexibility index (Phi) is 12.6. The van der Waals surface area contributed by atoms with E-state index in [9.17, 15) is 19.5 Å². The number of nitrogens with one attached hydrogen (secondary N) is 2. The van der Waals surface area contributed by atoms with Crippen molar-refractivity contribution in [2.75, 3.05) is 24.1 Å². The van der Waals surface area contributed by atoms with Gasteiger partial charge in [-0.1, -0.05) is 60.7 Å². The third kappa shape index (κ3) is 10.6. The number of hydrogen-bond donors (Lipinski definition) is 4. The zero-order valence-electron chi connectivity index (χ0n) is 29.2. The molecule has 50 heavy (non-hydrogen) atoms. The lowest BCUT2D eigenvalue weighted by molar-refractivity contribution is -0.253. The molecule has 2 fully saturated rings. The lowest BCUT2D eigenvalue weighted by atomic mass is 9.99. The molecule has 11 nitrogen and oxygen atoms in total. The molecule has 0 aromatic heterocycles. The number of hydrogen-bond acceptors (Lipinski definition) is 9. The summed E-state index contributed by atoms with van der Waals surface area (Å²) in [6, 6.07) is 22.3. The van der Waals surface area contributed by atoms with E-state index in [4.69, 9.17) is 19.9 Å². The van der Waals surface area contributed by atoms with Crippen molar-refractivity contribution in [1.82, 2.24) is 10.2 Å². The van der Waals surface area contributed by atoms with Gasteiger partial charge >= 0.3 is 5.97 Å². The molecule has 5 rings (SSSR count). The van der Waals surface area contributed by atoms with Gasteiger partial charge in [-0.25, -0.2) is 0 Å². The summed E-state index contributed by atoms with van der Waals surface area (Å²) in [7, 11) is 0. The Morgan fingerprint density at radius 2 is 1.60 bits per heavy atom. The number of nitrogens with zero attached hydrogens (tertiary/aromatic N) is 1. The Balaban J connectivity index is 1.17. The number of nitrogen functional groups attached to an aromatic ring is 1. The molecule has 2 heterocycles. The molecule has 5 N–H and O–H groups in total. The molecule has 11 heteroatoms. The quantitative estimate of drug-likeness (QED) is 0.134. The first-order valence-corrected chi connectivity index (χ1v) is 17.4. The number of carbonyl (C=O) groups is 3. The monoisotopic (exact) mass is 686 g/mol. The van der Waals surface area contributed by atoms with Crippen molar-refractivity contribution in [1.29, 1.82) is 0 Å². The number of carbonyl (C=O) groups excluding carboxylic acids is 3. The average Bonchev–Trinajstić information content (AvgIpc) is 3.56. The molecule has 4 atom stereocenters. The Labute approximate surface area is 294 Å². The van der Waals surface area contributed by atoms with Crippen LogP contribution in [0.25, 0.3) is 0 Å². The fourth-order valence-electron chi connectivity index (χ4n) is 6.29. The van der Waals surface area contributed by atoms with Gasteiger partial charge in [-0.05, 0) is 75.4 Å². The standard InChI is InChI=1S/C39H50N4O7/c1-39(2,3)50-37(47)33-10-7-21-43(33)24-30-22-34(28-17-15-27(25-44)16-18-28)49-38(48-30)29-19-13-26(14-20-29)23-41-35(45)11-6-12-36(46)42-32-9-5-4-8-31(32)40/h4-5,8-9,13-20,30,33-34,38,44H,6-7,10-12,21-25,40H2,1-3H3,(H,41,45)(H,42,46)/t30-,33+,34+,38+/m1/s1. The highest BCUT2D eigenvalue weighted by Crippen LogP contribution is 2.39. The van der Waals surface area contributed by atoms with E-state index in [1.807, 2.05) is 69.3 Å². The second-order valence-electron chi connectivity index (χ2n) is 14.0. The van der Waals surface area contributed by atoms with Gasteiger partial charge in [0.1, 0.15) is 11.6 Å². The van der Waals surface area contributed by atoms with Crippen LogP contribution in [0.15, 0.2) is 72.8 Å². The molecule has 0 saturated carbocycles. The number of aliphatic hydroxyl groups excluding tert-OH is 1. The average molecular weight is 687 g/mol.